The standard InChI is InChI=1S/C29H46N2O3/c1-25-11-12-29(32-17-18-33-29)19-21(25)5-6-22-23(25)7-9-26(2)24(22)8-10-27(26)20-31(4)28(34-27)13-15-30(3)16-14-28/h5,22-24H,6-20H2,1-4H3. The number of allylic oxidation sites excluding steroid dienone is 1. The molecule has 0 amide bonds. The average Bonchev–Trinajstić information content (AvgIpc) is 3.47. The fraction of sp³-hybridized carbons (Fsp3) is 0.931. The predicted octanol–water partition coefficient (Wildman–Crippen LogP) is 4.82. The zero-order valence-corrected chi connectivity index (χ0v) is 22.0. The van der Waals surface area contributed by atoms with Crippen molar-refractivity contribution in [1.82, 2.24) is 9.80 Å². The molecule has 6 atom stereocenters. The Labute approximate surface area is 206 Å². The summed E-state index contributed by atoms with van der Waals surface area (Å²) in [5.74, 6) is 2.12. The van der Waals surface area contributed by atoms with Gasteiger partial charge in [0.1, 0.15) is 5.72 Å². The van der Waals surface area contributed by atoms with Gasteiger partial charge >= 0.3 is 0 Å². The summed E-state index contributed by atoms with van der Waals surface area (Å²) in [6, 6.07) is 0. The summed E-state index contributed by atoms with van der Waals surface area (Å²) >= 11 is 0. The van der Waals surface area contributed by atoms with E-state index < -0.39 is 0 Å². The van der Waals surface area contributed by atoms with Gasteiger partial charge in [0.2, 0.25) is 0 Å². The third-order valence-corrected chi connectivity index (χ3v) is 12.6. The molecule has 0 N–H and O–H groups in total. The largest absolute Gasteiger partial charge is 0.352 e. The Bertz CT molecular complexity index is 875. The maximum Gasteiger partial charge on any atom is 0.172 e. The van der Waals surface area contributed by atoms with Gasteiger partial charge in [0.15, 0.2) is 5.79 Å². The summed E-state index contributed by atoms with van der Waals surface area (Å²) in [7, 11) is 4.61. The van der Waals surface area contributed by atoms with Gasteiger partial charge in [-0.1, -0.05) is 25.5 Å². The number of fused-ring (bicyclic) bond motifs is 6. The number of likely N-dealkylation sites (N-methyl/N-ethyl adjacent to an activating group) is 1. The van der Waals surface area contributed by atoms with Gasteiger partial charge in [0.05, 0.1) is 18.8 Å². The monoisotopic (exact) mass is 470 g/mol. The Kier molecular flexibility index (Phi) is 4.88. The van der Waals surface area contributed by atoms with E-state index in [0.717, 1.165) is 76.3 Å². The third kappa shape index (κ3) is 2.85. The fourth-order valence-electron chi connectivity index (χ4n) is 10.3. The van der Waals surface area contributed by atoms with Gasteiger partial charge in [0, 0.05) is 50.7 Å². The molecule has 0 aromatic heterocycles. The van der Waals surface area contributed by atoms with Crippen LogP contribution in [0.1, 0.15) is 78.1 Å². The Morgan fingerprint density at radius 1 is 0.882 bits per heavy atom. The summed E-state index contributed by atoms with van der Waals surface area (Å²) in [4.78, 5) is 5.10. The van der Waals surface area contributed by atoms with Crippen LogP contribution in [0.5, 0.6) is 0 Å². The summed E-state index contributed by atoms with van der Waals surface area (Å²) in [6.45, 7) is 10.2. The average molecular weight is 471 g/mol. The zero-order chi connectivity index (χ0) is 23.4. The second-order valence-electron chi connectivity index (χ2n) is 13.7. The van der Waals surface area contributed by atoms with Crippen molar-refractivity contribution in [3.63, 3.8) is 0 Å². The first-order valence-corrected chi connectivity index (χ1v) is 14.3. The molecule has 3 heterocycles. The van der Waals surface area contributed by atoms with E-state index >= 15 is 0 Å². The van der Waals surface area contributed by atoms with Crippen molar-refractivity contribution in [2.75, 3.05) is 46.9 Å². The van der Waals surface area contributed by atoms with Crippen LogP contribution in [0.25, 0.3) is 0 Å². The van der Waals surface area contributed by atoms with Gasteiger partial charge in [-0.25, -0.2) is 0 Å². The van der Waals surface area contributed by atoms with Crippen LogP contribution in [0.2, 0.25) is 0 Å². The van der Waals surface area contributed by atoms with Crippen molar-refractivity contribution in [3.05, 3.63) is 11.6 Å². The third-order valence-electron chi connectivity index (χ3n) is 12.6. The molecule has 5 nitrogen and oxygen atoms in total. The molecule has 6 unspecified atom stereocenters. The molecule has 0 aromatic rings. The van der Waals surface area contributed by atoms with E-state index in [2.05, 4.69) is 43.8 Å². The predicted molar refractivity (Wildman–Crippen MR) is 132 cm³/mol. The highest BCUT2D eigenvalue weighted by molar-refractivity contribution is 5.28. The number of nitrogens with zero attached hydrogens (tertiary/aromatic N) is 2. The van der Waals surface area contributed by atoms with Crippen LogP contribution in [-0.2, 0) is 14.2 Å². The minimum Gasteiger partial charge on any atom is -0.352 e. The molecule has 3 saturated heterocycles. The molecule has 5 heteroatoms. The van der Waals surface area contributed by atoms with Crippen molar-refractivity contribution < 1.29 is 14.2 Å². The van der Waals surface area contributed by atoms with Gasteiger partial charge in [0.25, 0.3) is 0 Å². The topological polar surface area (TPSA) is 34.2 Å². The van der Waals surface area contributed by atoms with Crippen molar-refractivity contribution in [2.45, 2.75) is 95.2 Å². The summed E-state index contributed by atoms with van der Waals surface area (Å²) in [6.07, 6.45) is 14.8. The van der Waals surface area contributed by atoms with Gasteiger partial charge in [-0.3, -0.25) is 4.90 Å². The van der Waals surface area contributed by atoms with Crippen LogP contribution < -0.4 is 0 Å². The molecular formula is C29H46N2O3. The van der Waals surface area contributed by atoms with Gasteiger partial charge in [-0.05, 0) is 75.8 Å². The van der Waals surface area contributed by atoms with E-state index in [1.54, 1.807) is 5.57 Å². The Hall–Kier alpha value is -0.460. The molecule has 0 bridgehead atoms. The maximum absolute atomic E-state index is 7.40. The zero-order valence-electron chi connectivity index (χ0n) is 22.0. The van der Waals surface area contributed by atoms with Crippen molar-refractivity contribution in [3.8, 4) is 0 Å². The van der Waals surface area contributed by atoms with Gasteiger partial charge < -0.3 is 19.1 Å². The molecule has 0 radical (unpaired) electrons. The molecule has 4 aliphatic carbocycles. The van der Waals surface area contributed by atoms with E-state index in [1.807, 2.05) is 0 Å². The quantitative estimate of drug-likeness (QED) is 0.475. The second-order valence-corrected chi connectivity index (χ2v) is 13.7. The molecule has 190 valence electrons. The van der Waals surface area contributed by atoms with Gasteiger partial charge in [-0.15, -0.1) is 0 Å². The highest BCUT2D eigenvalue weighted by atomic mass is 16.7. The minimum atomic E-state index is -0.302. The molecule has 3 aliphatic heterocycles. The number of piperidine rings is 1. The maximum atomic E-state index is 7.40. The van der Waals surface area contributed by atoms with E-state index in [1.165, 1.54) is 38.5 Å². The lowest BCUT2D eigenvalue weighted by Crippen LogP contribution is -2.57. The minimum absolute atomic E-state index is 0.0220. The summed E-state index contributed by atoms with van der Waals surface area (Å²) in [5, 5.41) is 0. The van der Waals surface area contributed by atoms with Crippen LogP contribution in [0.3, 0.4) is 0 Å². The van der Waals surface area contributed by atoms with Crippen molar-refractivity contribution in [2.24, 2.45) is 28.6 Å². The number of rotatable bonds is 0. The smallest absolute Gasteiger partial charge is 0.172 e. The fourth-order valence-corrected chi connectivity index (χ4v) is 10.3. The molecule has 0 aromatic carbocycles. The molecule has 7 aliphatic rings. The number of hydrogen-bond donors (Lipinski definition) is 0. The van der Waals surface area contributed by atoms with E-state index in [0.29, 0.717) is 10.8 Å². The highest BCUT2D eigenvalue weighted by Gasteiger charge is 2.69. The normalized spacial score (nSPS) is 49.9. The van der Waals surface area contributed by atoms with Crippen LogP contribution in [0, 0.1) is 28.6 Å². The van der Waals surface area contributed by atoms with E-state index in [4.69, 9.17) is 14.2 Å². The number of ether oxygens (including phenoxy) is 3. The van der Waals surface area contributed by atoms with Gasteiger partial charge in [-0.2, -0.15) is 0 Å². The Morgan fingerprint density at radius 2 is 1.62 bits per heavy atom. The lowest BCUT2D eigenvalue weighted by molar-refractivity contribution is -0.207. The summed E-state index contributed by atoms with van der Waals surface area (Å²) in [5.41, 5.74) is 2.33. The van der Waals surface area contributed by atoms with Crippen LogP contribution in [-0.4, -0.2) is 73.9 Å². The molecule has 3 spiro atoms. The first-order chi connectivity index (χ1) is 16.2. The van der Waals surface area contributed by atoms with Crippen molar-refractivity contribution in [1.29, 1.82) is 0 Å². The SMILES string of the molecule is CN1CCC2(CC1)OC1(CCC3C4CC=C5CC6(CCC5(C)C4CCC31C)OCCO6)CN2C. The molecular weight excluding hydrogens is 424 g/mol. The molecule has 3 saturated carbocycles. The lowest BCUT2D eigenvalue weighted by Gasteiger charge is -2.60. The van der Waals surface area contributed by atoms with Crippen LogP contribution in [0.4, 0.5) is 0 Å². The van der Waals surface area contributed by atoms with E-state index in [-0.39, 0.29) is 17.1 Å². The number of likely N-dealkylation sites (tertiary alicyclic amines) is 1. The van der Waals surface area contributed by atoms with Crippen molar-refractivity contribution >= 4 is 0 Å². The first kappa shape index (κ1) is 22.7. The Morgan fingerprint density at radius 3 is 2.38 bits per heavy atom. The molecule has 7 rings (SSSR count). The van der Waals surface area contributed by atoms with Crippen LogP contribution >= 0.6 is 0 Å². The van der Waals surface area contributed by atoms with E-state index in [9.17, 15) is 0 Å². The Balaban J connectivity index is 1.16. The summed E-state index contributed by atoms with van der Waals surface area (Å²) < 4.78 is 19.7. The highest BCUT2D eigenvalue weighted by Crippen LogP contribution is 2.70. The van der Waals surface area contributed by atoms with Crippen LogP contribution in [0.15, 0.2) is 11.6 Å². The number of hydrogen-bond acceptors (Lipinski definition) is 5. The molecule has 34 heavy (non-hydrogen) atoms. The first-order valence-electron chi connectivity index (χ1n) is 14.3. The lowest BCUT2D eigenvalue weighted by atomic mass is 9.46. The molecule has 6 fully saturated rings. The second kappa shape index (κ2) is 7.31.